The highest BCUT2D eigenvalue weighted by Gasteiger charge is 2.04. The first-order valence-electron chi connectivity index (χ1n) is 7.10. The Morgan fingerprint density at radius 3 is 2.52 bits per heavy atom. The van der Waals surface area contributed by atoms with Gasteiger partial charge in [-0.25, -0.2) is 4.79 Å². The van der Waals surface area contributed by atoms with Crippen LogP contribution in [0.3, 0.4) is 0 Å². The van der Waals surface area contributed by atoms with Gasteiger partial charge in [0.2, 0.25) is 0 Å². The van der Waals surface area contributed by atoms with Crippen molar-refractivity contribution in [1.82, 2.24) is 0 Å². The van der Waals surface area contributed by atoms with Gasteiger partial charge in [-0.3, -0.25) is 0 Å². The maximum atomic E-state index is 10.8. The van der Waals surface area contributed by atoms with Gasteiger partial charge >= 0.3 is 6.03 Å². The molecule has 0 aromatic heterocycles. The molecule has 1 unspecified atom stereocenters. The fourth-order valence-electron chi connectivity index (χ4n) is 2.23. The highest BCUT2D eigenvalue weighted by Crippen LogP contribution is 2.19. The van der Waals surface area contributed by atoms with Crippen LogP contribution in [0.5, 0.6) is 0 Å². The fourth-order valence-corrected chi connectivity index (χ4v) is 2.23. The molecule has 4 N–H and O–H groups in total. The first-order valence-corrected chi connectivity index (χ1v) is 7.10. The van der Waals surface area contributed by atoms with Crippen molar-refractivity contribution < 1.29 is 4.79 Å². The molecule has 1 atom stereocenters. The summed E-state index contributed by atoms with van der Waals surface area (Å²) in [5.41, 5.74) is 8.13. The van der Waals surface area contributed by atoms with E-state index >= 15 is 0 Å². The molecule has 2 aromatic carbocycles. The van der Waals surface area contributed by atoms with E-state index in [-0.39, 0.29) is 0 Å². The quantitative estimate of drug-likeness (QED) is 0.755. The number of nitrogens with one attached hydrogen (secondary N) is 2. The molecule has 0 fully saturated rings. The SMILES string of the molecule is CC(CCNc1cccc(NC(N)=O)c1)c1ccccc1. The van der Waals surface area contributed by atoms with Crippen LogP contribution < -0.4 is 16.4 Å². The summed E-state index contributed by atoms with van der Waals surface area (Å²) in [7, 11) is 0. The van der Waals surface area contributed by atoms with Crippen molar-refractivity contribution in [2.75, 3.05) is 17.2 Å². The molecule has 4 heteroatoms. The number of primary amides is 1. The predicted molar refractivity (Wildman–Crippen MR) is 87.6 cm³/mol. The molecule has 0 aliphatic heterocycles. The van der Waals surface area contributed by atoms with Crippen LogP contribution in [0.2, 0.25) is 0 Å². The van der Waals surface area contributed by atoms with Crippen LogP contribution in [0.1, 0.15) is 24.8 Å². The molecule has 2 amide bonds. The Kier molecular flexibility index (Phi) is 5.21. The van der Waals surface area contributed by atoms with E-state index < -0.39 is 6.03 Å². The number of carbonyl (C=O) groups excluding carboxylic acids is 1. The van der Waals surface area contributed by atoms with Crippen LogP contribution in [-0.2, 0) is 0 Å². The van der Waals surface area contributed by atoms with Crippen molar-refractivity contribution >= 4 is 17.4 Å². The second-order valence-electron chi connectivity index (χ2n) is 5.10. The zero-order valence-corrected chi connectivity index (χ0v) is 12.2. The highest BCUT2D eigenvalue weighted by molar-refractivity contribution is 5.88. The maximum absolute atomic E-state index is 10.8. The molecule has 4 nitrogen and oxygen atoms in total. The summed E-state index contributed by atoms with van der Waals surface area (Å²) in [6, 6.07) is 17.5. The number of carbonyl (C=O) groups is 1. The summed E-state index contributed by atoms with van der Waals surface area (Å²) in [6.45, 7) is 3.10. The molecule has 2 rings (SSSR count). The molecule has 0 spiro atoms. The number of rotatable bonds is 6. The average molecular weight is 283 g/mol. The van der Waals surface area contributed by atoms with Crippen LogP contribution in [0.15, 0.2) is 54.6 Å². The molecule has 2 aromatic rings. The molecular formula is C17H21N3O. The second kappa shape index (κ2) is 7.33. The van der Waals surface area contributed by atoms with E-state index in [1.165, 1.54) is 5.56 Å². The van der Waals surface area contributed by atoms with Gasteiger partial charge in [-0.05, 0) is 36.1 Å². The van der Waals surface area contributed by atoms with Crippen molar-refractivity contribution in [3.05, 3.63) is 60.2 Å². The number of hydrogen-bond acceptors (Lipinski definition) is 2. The van der Waals surface area contributed by atoms with Crippen molar-refractivity contribution in [2.24, 2.45) is 5.73 Å². The molecule has 0 aliphatic rings. The van der Waals surface area contributed by atoms with E-state index in [1.807, 2.05) is 30.3 Å². The smallest absolute Gasteiger partial charge is 0.316 e. The average Bonchev–Trinajstić information content (AvgIpc) is 2.48. The van der Waals surface area contributed by atoms with Crippen LogP contribution >= 0.6 is 0 Å². The minimum Gasteiger partial charge on any atom is -0.385 e. The Hall–Kier alpha value is -2.49. The summed E-state index contributed by atoms with van der Waals surface area (Å²) in [4.78, 5) is 10.8. The number of nitrogens with two attached hydrogens (primary N) is 1. The molecule has 0 bridgehead atoms. The predicted octanol–water partition coefficient (Wildman–Crippen LogP) is 3.78. The van der Waals surface area contributed by atoms with Gasteiger partial charge in [0.1, 0.15) is 0 Å². The van der Waals surface area contributed by atoms with Crippen LogP contribution in [0, 0.1) is 0 Å². The zero-order valence-electron chi connectivity index (χ0n) is 12.2. The lowest BCUT2D eigenvalue weighted by Gasteiger charge is -2.13. The van der Waals surface area contributed by atoms with Gasteiger partial charge in [-0.15, -0.1) is 0 Å². The Bertz CT molecular complexity index is 584. The highest BCUT2D eigenvalue weighted by atomic mass is 16.2. The topological polar surface area (TPSA) is 67.2 Å². The summed E-state index contributed by atoms with van der Waals surface area (Å²) in [5.74, 6) is 0.505. The lowest BCUT2D eigenvalue weighted by atomic mass is 9.98. The Morgan fingerprint density at radius 2 is 1.81 bits per heavy atom. The standard InChI is InChI=1S/C17H21N3O/c1-13(14-6-3-2-4-7-14)10-11-19-15-8-5-9-16(12-15)20-17(18)21/h2-9,12-13,19H,10-11H2,1H3,(H3,18,20,21). The number of amides is 2. The first kappa shape index (κ1) is 14.9. The molecule has 110 valence electrons. The van der Waals surface area contributed by atoms with Crippen molar-refractivity contribution in [3.8, 4) is 0 Å². The van der Waals surface area contributed by atoms with Crippen LogP contribution in [0.25, 0.3) is 0 Å². The Balaban J connectivity index is 1.84. The summed E-state index contributed by atoms with van der Waals surface area (Å²) >= 11 is 0. The van der Waals surface area contributed by atoms with Gasteiger partial charge in [0.15, 0.2) is 0 Å². The van der Waals surface area contributed by atoms with E-state index in [4.69, 9.17) is 5.73 Å². The minimum absolute atomic E-state index is 0.505. The van der Waals surface area contributed by atoms with Crippen LogP contribution in [-0.4, -0.2) is 12.6 Å². The number of benzene rings is 2. The Morgan fingerprint density at radius 1 is 1.10 bits per heavy atom. The van der Waals surface area contributed by atoms with Gasteiger partial charge in [0, 0.05) is 17.9 Å². The number of hydrogen-bond donors (Lipinski definition) is 3. The normalized spacial score (nSPS) is 11.7. The van der Waals surface area contributed by atoms with E-state index in [1.54, 1.807) is 0 Å². The molecule has 0 radical (unpaired) electrons. The lowest BCUT2D eigenvalue weighted by molar-refractivity contribution is 0.259. The molecular weight excluding hydrogens is 262 g/mol. The van der Waals surface area contributed by atoms with Gasteiger partial charge in [0.05, 0.1) is 0 Å². The van der Waals surface area contributed by atoms with Crippen molar-refractivity contribution in [1.29, 1.82) is 0 Å². The van der Waals surface area contributed by atoms with E-state index in [2.05, 4.69) is 41.8 Å². The Labute approximate surface area is 125 Å². The zero-order chi connectivity index (χ0) is 15.1. The molecule has 0 saturated heterocycles. The third-order valence-electron chi connectivity index (χ3n) is 3.41. The third-order valence-corrected chi connectivity index (χ3v) is 3.41. The second-order valence-corrected chi connectivity index (χ2v) is 5.10. The van der Waals surface area contributed by atoms with E-state index in [0.717, 1.165) is 18.7 Å². The number of anilines is 2. The monoisotopic (exact) mass is 283 g/mol. The molecule has 0 heterocycles. The molecule has 21 heavy (non-hydrogen) atoms. The van der Waals surface area contributed by atoms with E-state index in [9.17, 15) is 4.79 Å². The summed E-state index contributed by atoms with van der Waals surface area (Å²) in [5, 5.41) is 5.94. The van der Waals surface area contributed by atoms with Crippen molar-refractivity contribution in [2.45, 2.75) is 19.3 Å². The summed E-state index contributed by atoms with van der Waals surface area (Å²) < 4.78 is 0. The minimum atomic E-state index is -0.551. The lowest BCUT2D eigenvalue weighted by Crippen LogP contribution is -2.19. The molecule has 0 aliphatic carbocycles. The summed E-state index contributed by atoms with van der Waals surface area (Å²) in [6.07, 6.45) is 1.04. The number of urea groups is 1. The van der Waals surface area contributed by atoms with Gasteiger partial charge in [-0.1, -0.05) is 43.3 Å². The molecule has 0 saturated carbocycles. The van der Waals surface area contributed by atoms with Gasteiger partial charge < -0.3 is 16.4 Å². The van der Waals surface area contributed by atoms with E-state index in [0.29, 0.717) is 11.6 Å². The van der Waals surface area contributed by atoms with Gasteiger partial charge in [-0.2, -0.15) is 0 Å². The van der Waals surface area contributed by atoms with Gasteiger partial charge in [0.25, 0.3) is 0 Å². The maximum Gasteiger partial charge on any atom is 0.316 e. The third kappa shape index (κ3) is 4.84. The van der Waals surface area contributed by atoms with Crippen LogP contribution in [0.4, 0.5) is 16.2 Å². The largest absolute Gasteiger partial charge is 0.385 e. The first-order chi connectivity index (χ1) is 10.1. The fraction of sp³-hybridized carbons (Fsp3) is 0.235. The van der Waals surface area contributed by atoms with Crippen molar-refractivity contribution in [3.63, 3.8) is 0 Å².